The van der Waals surface area contributed by atoms with Gasteiger partial charge in [-0.05, 0) is 26.0 Å². The molecular weight excluding hydrogens is 279 g/mol. The summed E-state index contributed by atoms with van der Waals surface area (Å²) in [6.07, 6.45) is 1.49. The van der Waals surface area contributed by atoms with Crippen LogP contribution in [0.15, 0.2) is 18.3 Å². The molecule has 2 rings (SSSR count). The molecule has 0 spiro atoms. The van der Waals surface area contributed by atoms with E-state index < -0.39 is 0 Å². The van der Waals surface area contributed by atoms with Gasteiger partial charge >= 0.3 is 0 Å². The zero-order valence-electron chi connectivity index (χ0n) is 9.28. The van der Waals surface area contributed by atoms with E-state index >= 15 is 0 Å². The van der Waals surface area contributed by atoms with Gasteiger partial charge in [0.05, 0.1) is 20.4 Å². The average molecular weight is 289 g/mol. The lowest BCUT2D eigenvalue weighted by Crippen LogP contribution is -2.13. The molecular formula is C11H10Cl2N2OS. The Labute approximate surface area is 113 Å². The highest BCUT2D eigenvalue weighted by Gasteiger charge is 2.21. The van der Waals surface area contributed by atoms with Gasteiger partial charge in [-0.2, -0.15) is 5.10 Å². The van der Waals surface area contributed by atoms with Crippen LogP contribution in [0.25, 0.3) is 0 Å². The molecule has 0 atom stereocenters. The number of thiophene rings is 1. The van der Waals surface area contributed by atoms with Gasteiger partial charge in [-0.3, -0.25) is 9.48 Å². The van der Waals surface area contributed by atoms with Crippen molar-refractivity contribution in [3.05, 3.63) is 38.3 Å². The fourth-order valence-electron chi connectivity index (χ4n) is 1.50. The summed E-state index contributed by atoms with van der Waals surface area (Å²) >= 11 is 13.1. The lowest BCUT2D eigenvalue weighted by atomic mass is 10.2. The van der Waals surface area contributed by atoms with Crippen LogP contribution in [0.4, 0.5) is 0 Å². The van der Waals surface area contributed by atoms with Crippen molar-refractivity contribution < 1.29 is 4.79 Å². The number of hydrogen-bond acceptors (Lipinski definition) is 3. The molecule has 17 heavy (non-hydrogen) atoms. The first-order valence-electron chi connectivity index (χ1n) is 5.03. The molecule has 0 bridgehead atoms. The van der Waals surface area contributed by atoms with Gasteiger partial charge in [0.1, 0.15) is 5.69 Å². The Balaban J connectivity index is 2.47. The first-order chi connectivity index (χ1) is 8.00. The Kier molecular flexibility index (Phi) is 3.56. The third-order valence-electron chi connectivity index (χ3n) is 2.25. The molecule has 0 aliphatic rings. The van der Waals surface area contributed by atoms with E-state index in [-0.39, 0.29) is 11.8 Å². The van der Waals surface area contributed by atoms with E-state index in [1.807, 2.05) is 13.8 Å². The molecule has 6 heteroatoms. The maximum Gasteiger partial charge on any atom is 0.222 e. The Bertz CT molecular complexity index is 560. The highest BCUT2D eigenvalue weighted by Crippen LogP contribution is 2.27. The fraction of sp³-hybridized carbons (Fsp3) is 0.273. The van der Waals surface area contributed by atoms with Crippen molar-refractivity contribution in [1.29, 1.82) is 0 Å². The molecule has 0 fully saturated rings. The fourth-order valence-corrected chi connectivity index (χ4v) is 2.70. The number of carbonyl (C=O) groups is 1. The van der Waals surface area contributed by atoms with Gasteiger partial charge in [0.25, 0.3) is 0 Å². The normalized spacial score (nSPS) is 11.1. The minimum absolute atomic E-state index is 0.0804. The van der Waals surface area contributed by atoms with Gasteiger partial charge in [0.2, 0.25) is 5.78 Å². The smallest absolute Gasteiger partial charge is 0.222 e. The van der Waals surface area contributed by atoms with Crippen LogP contribution in [0.5, 0.6) is 0 Å². The van der Waals surface area contributed by atoms with Crippen LogP contribution < -0.4 is 0 Å². The number of aromatic nitrogens is 2. The summed E-state index contributed by atoms with van der Waals surface area (Å²) in [4.78, 5) is 12.8. The molecule has 0 radical (unpaired) electrons. The number of nitrogens with zero attached hydrogens (tertiary/aromatic N) is 2. The first kappa shape index (κ1) is 12.6. The molecule has 0 amide bonds. The minimum Gasteiger partial charge on any atom is -0.286 e. The summed E-state index contributed by atoms with van der Waals surface area (Å²) in [6.45, 7) is 3.89. The number of halogens is 2. The van der Waals surface area contributed by atoms with Crippen LogP contribution in [0, 0.1) is 0 Å². The molecule has 2 heterocycles. The van der Waals surface area contributed by atoms with Crippen molar-refractivity contribution in [2.45, 2.75) is 19.9 Å². The largest absolute Gasteiger partial charge is 0.286 e. The molecule has 0 aromatic carbocycles. The van der Waals surface area contributed by atoms with E-state index in [9.17, 15) is 4.79 Å². The van der Waals surface area contributed by atoms with Crippen LogP contribution in [-0.4, -0.2) is 15.6 Å². The third-order valence-corrected chi connectivity index (χ3v) is 3.76. The molecule has 0 saturated heterocycles. The summed E-state index contributed by atoms with van der Waals surface area (Å²) in [6, 6.07) is 3.48. The van der Waals surface area contributed by atoms with Gasteiger partial charge in [-0.25, -0.2) is 0 Å². The number of carbonyl (C=O) groups excluding carboxylic acids is 1. The van der Waals surface area contributed by atoms with Gasteiger partial charge in [-0.15, -0.1) is 11.3 Å². The van der Waals surface area contributed by atoms with Crippen molar-refractivity contribution in [2.24, 2.45) is 0 Å². The SMILES string of the molecule is CC(C)n1ncc(Cl)c1C(=O)c1ccc(Cl)s1. The van der Waals surface area contributed by atoms with E-state index in [1.165, 1.54) is 17.5 Å². The van der Waals surface area contributed by atoms with Crippen molar-refractivity contribution >= 4 is 40.3 Å². The molecule has 3 nitrogen and oxygen atoms in total. The molecule has 0 aliphatic heterocycles. The van der Waals surface area contributed by atoms with E-state index in [4.69, 9.17) is 23.2 Å². The highest BCUT2D eigenvalue weighted by atomic mass is 35.5. The summed E-state index contributed by atoms with van der Waals surface area (Å²) in [7, 11) is 0. The van der Waals surface area contributed by atoms with Crippen molar-refractivity contribution in [1.82, 2.24) is 9.78 Å². The Morgan fingerprint density at radius 2 is 2.12 bits per heavy atom. The lowest BCUT2D eigenvalue weighted by Gasteiger charge is -2.09. The number of ketones is 1. The Hall–Kier alpha value is -0.840. The van der Waals surface area contributed by atoms with Crippen LogP contribution in [0.1, 0.15) is 35.3 Å². The molecule has 0 saturated carbocycles. The average Bonchev–Trinajstić information content (AvgIpc) is 2.83. The zero-order chi connectivity index (χ0) is 12.6. The van der Waals surface area contributed by atoms with Crippen molar-refractivity contribution in [3.63, 3.8) is 0 Å². The van der Waals surface area contributed by atoms with Crippen LogP contribution >= 0.6 is 34.5 Å². The maximum atomic E-state index is 12.3. The zero-order valence-corrected chi connectivity index (χ0v) is 11.6. The highest BCUT2D eigenvalue weighted by molar-refractivity contribution is 7.18. The second-order valence-electron chi connectivity index (χ2n) is 3.81. The first-order valence-corrected chi connectivity index (χ1v) is 6.61. The predicted octanol–water partition coefficient (Wildman–Crippen LogP) is 4.06. The topological polar surface area (TPSA) is 34.9 Å². The standard InChI is InChI=1S/C11H10Cl2N2OS/c1-6(2)15-10(7(12)5-14-15)11(16)8-3-4-9(13)17-8/h3-6H,1-2H3. The number of rotatable bonds is 3. The quantitative estimate of drug-likeness (QED) is 0.798. The summed E-state index contributed by atoms with van der Waals surface area (Å²) < 4.78 is 2.21. The van der Waals surface area contributed by atoms with Crippen molar-refractivity contribution in [3.8, 4) is 0 Å². The van der Waals surface area contributed by atoms with Gasteiger partial charge in [0.15, 0.2) is 0 Å². The van der Waals surface area contributed by atoms with E-state index in [2.05, 4.69) is 5.10 Å². The van der Waals surface area contributed by atoms with Crippen molar-refractivity contribution in [2.75, 3.05) is 0 Å². The second-order valence-corrected chi connectivity index (χ2v) is 5.93. The minimum atomic E-state index is -0.141. The monoisotopic (exact) mass is 288 g/mol. The molecule has 2 aromatic rings. The number of hydrogen-bond donors (Lipinski definition) is 0. The summed E-state index contributed by atoms with van der Waals surface area (Å²) in [5.74, 6) is -0.141. The summed E-state index contributed by atoms with van der Waals surface area (Å²) in [5, 5.41) is 4.47. The molecule has 0 N–H and O–H groups in total. The lowest BCUT2D eigenvalue weighted by molar-refractivity contribution is 0.103. The van der Waals surface area contributed by atoms with Gasteiger partial charge in [0, 0.05) is 6.04 Å². The molecule has 0 aliphatic carbocycles. The van der Waals surface area contributed by atoms with Gasteiger partial charge < -0.3 is 0 Å². The second kappa shape index (κ2) is 4.80. The van der Waals surface area contributed by atoms with Gasteiger partial charge in [-0.1, -0.05) is 23.2 Å². The summed E-state index contributed by atoms with van der Waals surface area (Å²) in [5.41, 5.74) is 0.417. The van der Waals surface area contributed by atoms with E-state index in [0.29, 0.717) is 19.9 Å². The van der Waals surface area contributed by atoms with E-state index in [0.717, 1.165) is 0 Å². The van der Waals surface area contributed by atoms with Crippen LogP contribution in [-0.2, 0) is 0 Å². The maximum absolute atomic E-state index is 12.3. The van der Waals surface area contributed by atoms with Crippen LogP contribution in [0.2, 0.25) is 9.36 Å². The van der Waals surface area contributed by atoms with E-state index in [1.54, 1.807) is 16.8 Å². The predicted molar refractivity (Wildman–Crippen MR) is 70.4 cm³/mol. The van der Waals surface area contributed by atoms with Crippen LogP contribution in [0.3, 0.4) is 0 Å². The Morgan fingerprint density at radius 3 is 2.65 bits per heavy atom. The Morgan fingerprint density at radius 1 is 1.41 bits per heavy atom. The molecule has 0 unspecified atom stereocenters. The third kappa shape index (κ3) is 2.39. The molecule has 2 aromatic heterocycles. The molecule has 90 valence electrons.